The molecule has 1 rings (SSSR count). The molecule has 0 aliphatic heterocycles. The van der Waals surface area contributed by atoms with Crippen molar-refractivity contribution in [2.24, 2.45) is 5.73 Å². The summed E-state index contributed by atoms with van der Waals surface area (Å²) in [4.78, 5) is 12.8. The summed E-state index contributed by atoms with van der Waals surface area (Å²) in [6.07, 6.45) is 0. The van der Waals surface area contributed by atoms with Gasteiger partial charge >= 0.3 is 0 Å². The summed E-state index contributed by atoms with van der Waals surface area (Å²) < 4.78 is 0. The number of anilines is 1. The number of thiophene rings is 1. The third-order valence-electron chi connectivity index (χ3n) is 1.69. The number of carbonyl (C=O) groups is 1. The maximum Gasteiger partial charge on any atom is 0.241 e. The molecule has 3 nitrogen and oxygen atoms in total. The van der Waals surface area contributed by atoms with Gasteiger partial charge in [0.1, 0.15) is 5.00 Å². The number of aryl methyl sites for hydroxylation is 1. The fraction of sp³-hybridized carbons (Fsp3) is 0.375. The Labute approximate surface area is 75.8 Å². The van der Waals surface area contributed by atoms with Crippen molar-refractivity contribution in [2.75, 3.05) is 18.5 Å². The van der Waals surface area contributed by atoms with Crippen LogP contribution in [0.1, 0.15) is 5.56 Å². The van der Waals surface area contributed by atoms with E-state index >= 15 is 0 Å². The first-order chi connectivity index (χ1) is 5.66. The molecule has 0 atom stereocenters. The van der Waals surface area contributed by atoms with E-state index in [2.05, 4.69) is 0 Å². The molecule has 1 amide bonds. The van der Waals surface area contributed by atoms with Gasteiger partial charge in [-0.1, -0.05) is 0 Å². The number of hydrogen-bond acceptors (Lipinski definition) is 3. The summed E-state index contributed by atoms with van der Waals surface area (Å²) in [7, 11) is 1.74. The van der Waals surface area contributed by atoms with Gasteiger partial charge in [-0.25, -0.2) is 0 Å². The zero-order valence-corrected chi connectivity index (χ0v) is 8.02. The fourth-order valence-corrected chi connectivity index (χ4v) is 1.87. The highest BCUT2D eigenvalue weighted by molar-refractivity contribution is 7.14. The smallest absolute Gasteiger partial charge is 0.241 e. The van der Waals surface area contributed by atoms with Crippen LogP contribution in [0.5, 0.6) is 0 Å². The zero-order chi connectivity index (χ0) is 9.14. The van der Waals surface area contributed by atoms with Gasteiger partial charge in [-0.15, -0.1) is 11.3 Å². The lowest BCUT2D eigenvalue weighted by molar-refractivity contribution is -0.117. The van der Waals surface area contributed by atoms with Crippen LogP contribution in [0.3, 0.4) is 0 Å². The third-order valence-corrected chi connectivity index (χ3v) is 2.78. The van der Waals surface area contributed by atoms with Crippen molar-refractivity contribution < 1.29 is 4.79 Å². The fourth-order valence-electron chi connectivity index (χ4n) is 0.959. The Hall–Kier alpha value is -0.870. The molecule has 0 unspecified atom stereocenters. The second-order valence-electron chi connectivity index (χ2n) is 2.57. The van der Waals surface area contributed by atoms with Crippen molar-refractivity contribution in [3.8, 4) is 0 Å². The highest BCUT2D eigenvalue weighted by atomic mass is 32.1. The van der Waals surface area contributed by atoms with Crippen LogP contribution in [-0.2, 0) is 4.79 Å². The standard InChI is InChI=1S/C8H12N2OS/c1-6-3-4-12-8(6)10(2)7(11)5-9/h3-4H,5,9H2,1-2H3. The largest absolute Gasteiger partial charge is 0.322 e. The van der Waals surface area contributed by atoms with E-state index in [0.29, 0.717) is 0 Å². The Morgan fingerprint density at radius 3 is 2.83 bits per heavy atom. The first-order valence-corrected chi connectivity index (χ1v) is 4.55. The van der Waals surface area contributed by atoms with Crippen molar-refractivity contribution in [3.63, 3.8) is 0 Å². The van der Waals surface area contributed by atoms with Crippen LogP contribution in [0, 0.1) is 6.92 Å². The van der Waals surface area contributed by atoms with Gasteiger partial charge in [-0.05, 0) is 23.9 Å². The van der Waals surface area contributed by atoms with Crippen molar-refractivity contribution in [2.45, 2.75) is 6.92 Å². The minimum atomic E-state index is -0.0550. The van der Waals surface area contributed by atoms with Crippen molar-refractivity contribution in [1.82, 2.24) is 0 Å². The van der Waals surface area contributed by atoms with Gasteiger partial charge in [0.25, 0.3) is 0 Å². The molecule has 4 heteroatoms. The normalized spacial score (nSPS) is 9.92. The van der Waals surface area contributed by atoms with E-state index in [1.54, 1.807) is 23.3 Å². The van der Waals surface area contributed by atoms with Crippen molar-refractivity contribution in [1.29, 1.82) is 0 Å². The summed E-state index contributed by atoms with van der Waals surface area (Å²) in [5.74, 6) is -0.0550. The summed E-state index contributed by atoms with van der Waals surface area (Å²) >= 11 is 1.55. The number of amides is 1. The minimum Gasteiger partial charge on any atom is -0.322 e. The summed E-state index contributed by atoms with van der Waals surface area (Å²) in [5, 5.41) is 2.94. The van der Waals surface area contributed by atoms with Gasteiger partial charge < -0.3 is 10.6 Å². The average molecular weight is 184 g/mol. The van der Waals surface area contributed by atoms with Gasteiger partial charge in [0.15, 0.2) is 0 Å². The Kier molecular flexibility index (Phi) is 2.83. The van der Waals surface area contributed by atoms with Gasteiger partial charge in [0, 0.05) is 7.05 Å². The number of carbonyl (C=O) groups excluding carboxylic acids is 1. The van der Waals surface area contributed by atoms with Crippen LogP contribution in [0.25, 0.3) is 0 Å². The van der Waals surface area contributed by atoms with Crippen LogP contribution in [0.4, 0.5) is 5.00 Å². The summed E-state index contributed by atoms with van der Waals surface area (Å²) in [5.41, 5.74) is 6.36. The lowest BCUT2D eigenvalue weighted by Crippen LogP contribution is -2.32. The predicted octanol–water partition coefficient (Wildman–Crippen LogP) is 0.978. The van der Waals surface area contributed by atoms with Crippen LogP contribution < -0.4 is 10.6 Å². The number of nitrogens with zero attached hydrogens (tertiary/aromatic N) is 1. The summed E-state index contributed by atoms with van der Waals surface area (Å²) in [6, 6.07) is 1.99. The summed E-state index contributed by atoms with van der Waals surface area (Å²) in [6.45, 7) is 2.04. The Bertz CT molecular complexity index is 282. The van der Waals surface area contributed by atoms with E-state index in [1.807, 2.05) is 18.4 Å². The molecule has 1 aromatic rings. The molecule has 0 fully saturated rings. The Morgan fingerprint density at radius 2 is 2.42 bits per heavy atom. The molecular weight excluding hydrogens is 172 g/mol. The molecule has 1 aromatic heterocycles. The van der Waals surface area contributed by atoms with E-state index < -0.39 is 0 Å². The molecule has 12 heavy (non-hydrogen) atoms. The van der Waals surface area contributed by atoms with E-state index in [0.717, 1.165) is 10.6 Å². The zero-order valence-electron chi connectivity index (χ0n) is 7.20. The Morgan fingerprint density at radius 1 is 1.75 bits per heavy atom. The topological polar surface area (TPSA) is 46.3 Å². The minimum absolute atomic E-state index is 0.0550. The molecule has 0 bridgehead atoms. The molecule has 0 aliphatic carbocycles. The monoisotopic (exact) mass is 184 g/mol. The molecule has 66 valence electrons. The molecule has 0 aromatic carbocycles. The lowest BCUT2D eigenvalue weighted by atomic mass is 10.3. The average Bonchev–Trinajstić information content (AvgIpc) is 2.48. The van der Waals surface area contributed by atoms with Crippen LogP contribution in [0.15, 0.2) is 11.4 Å². The Balaban J connectivity index is 2.84. The van der Waals surface area contributed by atoms with Crippen molar-refractivity contribution in [3.05, 3.63) is 17.0 Å². The second kappa shape index (κ2) is 3.69. The molecule has 0 radical (unpaired) electrons. The first kappa shape index (κ1) is 9.22. The van der Waals surface area contributed by atoms with Crippen LogP contribution in [0.2, 0.25) is 0 Å². The van der Waals surface area contributed by atoms with Gasteiger partial charge in [-0.2, -0.15) is 0 Å². The van der Waals surface area contributed by atoms with E-state index in [4.69, 9.17) is 5.73 Å². The van der Waals surface area contributed by atoms with Crippen LogP contribution in [-0.4, -0.2) is 19.5 Å². The molecule has 0 saturated heterocycles. The second-order valence-corrected chi connectivity index (χ2v) is 3.46. The highest BCUT2D eigenvalue weighted by Gasteiger charge is 2.11. The quantitative estimate of drug-likeness (QED) is 0.744. The molecule has 2 N–H and O–H groups in total. The first-order valence-electron chi connectivity index (χ1n) is 3.67. The number of hydrogen-bond donors (Lipinski definition) is 1. The molecular formula is C8H12N2OS. The molecule has 0 aliphatic rings. The lowest BCUT2D eigenvalue weighted by Gasteiger charge is -2.14. The number of rotatable bonds is 2. The van der Waals surface area contributed by atoms with Gasteiger partial charge in [0.05, 0.1) is 6.54 Å². The molecule has 0 saturated carbocycles. The van der Waals surface area contributed by atoms with Crippen molar-refractivity contribution >= 4 is 22.2 Å². The predicted molar refractivity (Wildman–Crippen MR) is 51.5 cm³/mol. The van der Waals surface area contributed by atoms with Gasteiger partial charge in [0.2, 0.25) is 5.91 Å². The number of nitrogens with two attached hydrogens (primary N) is 1. The van der Waals surface area contributed by atoms with Crippen LogP contribution >= 0.6 is 11.3 Å². The maximum absolute atomic E-state index is 11.2. The molecule has 1 heterocycles. The molecule has 0 spiro atoms. The van der Waals surface area contributed by atoms with E-state index in [-0.39, 0.29) is 12.5 Å². The van der Waals surface area contributed by atoms with Gasteiger partial charge in [-0.3, -0.25) is 4.79 Å². The van der Waals surface area contributed by atoms with E-state index in [9.17, 15) is 4.79 Å². The third kappa shape index (κ3) is 1.65. The van der Waals surface area contributed by atoms with E-state index in [1.165, 1.54) is 0 Å². The number of likely N-dealkylation sites (N-methyl/N-ethyl adjacent to an activating group) is 1. The SMILES string of the molecule is Cc1ccsc1N(C)C(=O)CN. The highest BCUT2D eigenvalue weighted by Crippen LogP contribution is 2.25. The maximum atomic E-state index is 11.2.